The Morgan fingerprint density at radius 1 is 0.892 bits per heavy atom. The van der Waals surface area contributed by atoms with Crippen molar-refractivity contribution in [2.45, 2.75) is 25.6 Å². The number of rotatable bonds is 7. The number of thiophene rings is 1. The van der Waals surface area contributed by atoms with Crippen LogP contribution in [0.3, 0.4) is 0 Å². The van der Waals surface area contributed by atoms with Crippen LogP contribution in [0.2, 0.25) is 0 Å². The van der Waals surface area contributed by atoms with Gasteiger partial charge in [-0.25, -0.2) is 4.79 Å². The largest absolute Gasteiger partial charge is 0.438 e. The third-order valence-electron chi connectivity index (χ3n) is 6.07. The van der Waals surface area contributed by atoms with Gasteiger partial charge in [-0.1, -0.05) is 66.2 Å². The van der Waals surface area contributed by atoms with E-state index in [-0.39, 0.29) is 18.4 Å². The van der Waals surface area contributed by atoms with Crippen LogP contribution in [-0.2, 0) is 16.1 Å². The quantitative estimate of drug-likeness (QED) is 0.318. The molecule has 1 saturated heterocycles. The first-order chi connectivity index (χ1) is 18.0. The summed E-state index contributed by atoms with van der Waals surface area (Å²) in [7, 11) is 0. The molecule has 3 aromatic carbocycles. The van der Waals surface area contributed by atoms with Crippen LogP contribution in [0.4, 0.5) is 16.2 Å². The molecule has 0 saturated carbocycles. The summed E-state index contributed by atoms with van der Waals surface area (Å²) in [6.45, 7) is 2.21. The van der Waals surface area contributed by atoms with Gasteiger partial charge in [0, 0.05) is 11.4 Å². The number of hydrogen-bond donors (Lipinski definition) is 2. The van der Waals surface area contributed by atoms with E-state index in [1.54, 1.807) is 42.5 Å². The van der Waals surface area contributed by atoms with Crippen LogP contribution in [0.15, 0.2) is 96.4 Å². The van der Waals surface area contributed by atoms with Gasteiger partial charge in [0.25, 0.3) is 11.8 Å². The van der Waals surface area contributed by atoms with Crippen molar-refractivity contribution in [3.05, 3.63) is 118 Å². The van der Waals surface area contributed by atoms with E-state index in [1.165, 1.54) is 16.2 Å². The van der Waals surface area contributed by atoms with Gasteiger partial charge in [0.2, 0.25) is 0 Å². The number of amides is 3. The van der Waals surface area contributed by atoms with E-state index in [4.69, 9.17) is 4.74 Å². The van der Waals surface area contributed by atoms with Crippen LogP contribution >= 0.6 is 11.3 Å². The summed E-state index contributed by atoms with van der Waals surface area (Å²) >= 11 is 1.36. The zero-order valence-corrected chi connectivity index (χ0v) is 20.9. The number of carbonyl (C=O) groups excluding carboxylic acids is 3. The predicted octanol–water partition coefficient (Wildman–Crippen LogP) is 6.01. The molecule has 2 heterocycles. The molecule has 0 aliphatic carbocycles. The summed E-state index contributed by atoms with van der Waals surface area (Å²) in [5.74, 6) is -0.538. The Morgan fingerprint density at radius 2 is 1.65 bits per heavy atom. The minimum Gasteiger partial charge on any atom is -0.438 e. The molecule has 2 atom stereocenters. The Balaban J connectivity index is 1.40. The standard InChI is InChI=1S/C29H25N3O4S/c1-19-7-5-8-20(17-19)18-32-25(28(34)31-22-9-3-2-4-10-22)26(36-29(32)35)21-12-14-23(15-13-21)30-27(33)24-11-6-16-37-24/h2-17,25-26H,18H2,1H3,(H,30,33)(H,31,34)/t25-,26+/m1/s1. The third-order valence-corrected chi connectivity index (χ3v) is 6.94. The lowest BCUT2D eigenvalue weighted by Gasteiger charge is -2.24. The number of benzene rings is 3. The second kappa shape index (κ2) is 10.7. The van der Waals surface area contributed by atoms with Crippen molar-refractivity contribution < 1.29 is 19.1 Å². The van der Waals surface area contributed by atoms with E-state index in [2.05, 4.69) is 10.6 Å². The molecule has 1 aromatic heterocycles. The average molecular weight is 512 g/mol. The Morgan fingerprint density at radius 3 is 2.35 bits per heavy atom. The molecular formula is C29H25N3O4S. The number of nitrogens with zero attached hydrogens (tertiary/aromatic N) is 1. The number of carbonyl (C=O) groups is 3. The molecule has 37 heavy (non-hydrogen) atoms. The van der Waals surface area contributed by atoms with Crippen LogP contribution < -0.4 is 10.6 Å². The number of para-hydroxylation sites is 1. The number of hydrogen-bond acceptors (Lipinski definition) is 5. The van der Waals surface area contributed by atoms with Crippen LogP contribution in [0.1, 0.15) is 32.5 Å². The van der Waals surface area contributed by atoms with Gasteiger partial charge in [-0.3, -0.25) is 14.5 Å². The highest BCUT2D eigenvalue weighted by Gasteiger charge is 2.47. The first kappa shape index (κ1) is 24.3. The van der Waals surface area contributed by atoms with Crippen molar-refractivity contribution in [2.24, 2.45) is 0 Å². The minimum atomic E-state index is -0.889. The van der Waals surface area contributed by atoms with Gasteiger partial charge in [-0.05, 0) is 53.8 Å². The summed E-state index contributed by atoms with van der Waals surface area (Å²) in [4.78, 5) is 41.0. The average Bonchev–Trinajstić information content (AvgIpc) is 3.54. The Hall–Kier alpha value is -4.43. The summed E-state index contributed by atoms with van der Waals surface area (Å²) in [6.07, 6.45) is -1.38. The van der Waals surface area contributed by atoms with Gasteiger partial charge in [-0.2, -0.15) is 0 Å². The van der Waals surface area contributed by atoms with Crippen molar-refractivity contribution in [1.29, 1.82) is 0 Å². The molecule has 0 spiro atoms. The second-order valence-corrected chi connectivity index (χ2v) is 9.72. The lowest BCUT2D eigenvalue weighted by atomic mass is 10.00. The Labute approximate surface area is 218 Å². The molecule has 7 nitrogen and oxygen atoms in total. The lowest BCUT2D eigenvalue weighted by Crippen LogP contribution is -2.43. The highest BCUT2D eigenvalue weighted by atomic mass is 32.1. The molecule has 2 N–H and O–H groups in total. The lowest BCUT2D eigenvalue weighted by molar-refractivity contribution is -0.121. The van der Waals surface area contributed by atoms with E-state index < -0.39 is 18.2 Å². The second-order valence-electron chi connectivity index (χ2n) is 8.77. The molecular weight excluding hydrogens is 486 g/mol. The monoisotopic (exact) mass is 511 g/mol. The zero-order valence-electron chi connectivity index (χ0n) is 20.1. The summed E-state index contributed by atoms with van der Waals surface area (Å²) in [5.41, 5.74) is 3.86. The van der Waals surface area contributed by atoms with Gasteiger partial charge in [-0.15, -0.1) is 11.3 Å². The van der Waals surface area contributed by atoms with E-state index in [0.717, 1.165) is 11.1 Å². The molecule has 1 aliphatic rings. The molecule has 1 aliphatic heterocycles. The van der Waals surface area contributed by atoms with E-state index in [1.807, 2.05) is 60.8 Å². The molecule has 4 aromatic rings. The normalized spacial score (nSPS) is 16.8. The number of aryl methyl sites for hydroxylation is 1. The Bertz CT molecular complexity index is 1400. The number of anilines is 2. The highest BCUT2D eigenvalue weighted by molar-refractivity contribution is 7.12. The minimum absolute atomic E-state index is 0.195. The summed E-state index contributed by atoms with van der Waals surface area (Å²) in [5, 5.41) is 7.62. The maximum Gasteiger partial charge on any atom is 0.411 e. The summed E-state index contributed by atoms with van der Waals surface area (Å²) < 4.78 is 5.75. The third kappa shape index (κ3) is 5.54. The SMILES string of the molecule is Cc1cccc(CN2C(=O)O[C@@H](c3ccc(NC(=O)c4cccs4)cc3)[C@@H]2C(=O)Nc2ccccc2)c1. The van der Waals surface area contributed by atoms with Crippen LogP contribution in [0, 0.1) is 6.92 Å². The maximum absolute atomic E-state index is 13.5. The topological polar surface area (TPSA) is 87.7 Å². The molecule has 5 rings (SSSR count). The van der Waals surface area contributed by atoms with Crippen LogP contribution in [0.25, 0.3) is 0 Å². The molecule has 3 amide bonds. The van der Waals surface area contributed by atoms with Crippen molar-refractivity contribution in [3.63, 3.8) is 0 Å². The van der Waals surface area contributed by atoms with Crippen molar-refractivity contribution >= 4 is 40.6 Å². The first-order valence-electron chi connectivity index (χ1n) is 11.8. The van der Waals surface area contributed by atoms with Crippen LogP contribution in [-0.4, -0.2) is 28.8 Å². The first-order valence-corrected chi connectivity index (χ1v) is 12.7. The van der Waals surface area contributed by atoms with Gasteiger partial charge in [0.05, 0.1) is 11.4 Å². The fraction of sp³-hybridized carbons (Fsp3) is 0.138. The van der Waals surface area contributed by atoms with Gasteiger partial charge >= 0.3 is 6.09 Å². The van der Waals surface area contributed by atoms with Crippen molar-refractivity contribution in [3.8, 4) is 0 Å². The molecule has 0 unspecified atom stereocenters. The van der Waals surface area contributed by atoms with E-state index in [0.29, 0.717) is 21.8 Å². The fourth-order valence-electron chi connectivity index (χ4n) is 4.31. The van der Waals surface area contributed by atoms with Crippen molar-refractivity contribution in [1.82, 2.24) is 4.90 Å². The van der Waals surface area contributed by atoms with Crippen LogP contribution in [0.5, 0.6) is 0 Å². The van der Waals surface area contributed by atoms with Crippen molar-refractivity contribution in [2.75, 3.05) is 10.6 Å². The Kier molecular flexibility index (Phi) is 7.00. The molecule has 186 valence electrons. The highest BCUT2D eigenvalue weighted by Crippen LogP contribution is 2.35. The van der Waals surface area contributed by atoms with Gasteiger partial charge in [0.1, 0.15) is 0 Å². The maximum atomic E-state index is 13.5. The molecule has 8 heteroatoms. The number of cyclic esters (lactones) is 1. The number of nitrogens with one attached hydrogen (secondary N) is 2. The molecule has 0 radical (unpaired) electrons. The molecule has 0 bridgehead atoms. The smallest absolute Gasteiger partial charge is 0.411 e. The zero-order chi connectivity index (χ0) is 25.8. The van der Waals surface area contributed by atoms with Gasteiger partial charge in [0.15, 0.2) is 12.1 Å². The predicted molar refractivity (Wildman–Crippen MR) is 144 cm³/mol. The van der Waals surface area contributed by atoms with Gasteiger partial charge < -0.3 is 15.4 Å². The van der Waals surface area contributed by atoms with E-state index in [9.17, 15) is 14.4 Å². The number of ether oxygens (including phenoxy) is 1. The molecule has 1 fully saturated rings. The van der Waals surface area contributed by atoms with E-state index >= 15 is 0 Å². The summed E-state index contributed by atoms with van der Waals surface area (Å²) in [6, 6.07) is 26.6. The fourth-order valence-corrected chi connectivity index (χ4v) is 4.93.